The molecule has 2 fully saturated rings. The van der Waals surface area contributed by atoms with Crippen molar-refractivity contribution in [2.45, 2.75) is 43.7 Å². The number of fused-ring (bicyclic) bond motifs is 2. The summed E-state index contributed by atoms with van der Waals surface area (Å²) in [5.74, 6) is 2.39. The van der Waals surface area contributed by atoms with E-state index in [0.717, 1.165) is 66.9 Å². The summed E-state index contributed by atoms with van der Waals surface area (Å²) in [6.45, 7) is 1.61. The van der Waals surface area contributed by atoms with Gasteiger partial charge in [-0.3, -0.25) is 4.98 Å². The molecule has 0 radical (unpaired) electrons. The number of imidazole rings is 1. The van der Waals surface area contributed by atoms with E-state index >= 15 is 0 Å². The van der Waals surface area contributed by atoms with E-state index in [0.29, 0.717) is 23.0 Å². The maximum atomic E-state index is 6.11. The Kier molecular flexibility index (Phi) is 4.73. The monoisotopic (exact) mass is 434 g/mol. The lowest BCUT2D eigenvalue weighted by Crippen LogP contribution is -2.38. The number of ether oxygens (including phenoxy) is 1. The van der Waals surface area contributed by atoms with Gasteiger partial charge < -0.3 is 14.6 Å². The SMILES string of the molecule is Clc1ccc2ncc(NC3CC(n4c(C5CCOCC5)nc5cccnc54)C3)nc2c1. The van der Waals surface area contributed by atoms with Crippen LogP contribution in [-0.2, 0) is 4.74 Å². The number of rotatable bonds is 4. The second-order valence-electron chi connectivity index (χ2n) is 8.43. The Bertz CT molecular complexity index is 1250. The lowest BCUT2D eigenvalue weighted by Gasteiger charge is -2.38. The molecular weight excluding hydrogens is 412 g/mol. The van der Waals surface area contributed by atoms with Gasteiger partial charge in [0.05, 0.1) is 17.2 Å². The van der Waals surface area contributed by atoms with Crippen LogP contribution in [0.4, 0.5) is 5.82 Å². The van der Waals surface area contributed by atoms with Gasteiger partial charge in [-0.05, 0) is 56.0 Å². The van der Waals surface area contributed by atoms with Crippen molar-refractivity contribution in [2.75, 3.05) is 18.5 Å². The van der Waals surface area contributed by atoms with Crippen molar-refractivity contribution in [3.8, 4) is 0 Å². The number of aromatic nitrogens is 5. The zero-order valence-electron chi connectivity index (χ0n) is 17.0. The molecule has 1 aliphatic carbocycles. The van der Waals surface area contributed by atoms with Crippen LogP contribution in [0.1, 0.15) is 43.5 Å². The van der Waals surface area contributed by atoms with Crippen molar-refractivity contribution in [3.05, 3.63) is 53.6 Å². The first-order chi connectivity index (χ1) is 15.2. The lowest BCUT2D eigenvalue weighted by molar-refractivity contribution is 0.0818. The molecule has 31 heavy (non-hydrogen) atoms. The molecule has 6 rings (SSSR count). The fraction of sp³-hybridized carbons (Fsp3) is 0.391. The molecular formula is C23H23ClN6O. The molecule has 1 N–H and O–H groups in total. The Morgan fingerprint density at radius 2 is 1.87 bits per heavy atom. The minimum atomic E-state index is 0.347. The van der Waals surface area contributed by atoms with Crippen LogP contribution in [0.2, 0.25) is 5.02 Å². The third-order valence-electron chi connectivity index (χ3n) is 6.40. The molecule has 1 aliphatic heterocycles. The molecule has 2 aliphatic rings. The first kappa shape index (κ1) is 19.0. The summed E-state index contributed by atoms with van der Waals surface area (Å²) in [5, 5.41) is 4.21. The first-order valence-electron chi connectivity index (χ1n) is 10.8. The summed E-state index contributed by atoms with van der Waals surface area (Å²) in [6.07, 6.45) is 7.71. The van der Waals surface area contributed by atoms with E-state index in [1.165, 1.54) is 5.82 Å². The van der Waals surface area contributed by atoms with E-state index in [-0.39, 0.29) is 0 Å². The number of halogens is 1. The van der Waals surface area contributed by atoms with E-state index < -0.39 is 0 Å². The number of pyridine rings is 1. The number of hydrogen-bond acceptors (Lipinski definition) is 6. The van der Waals surface area contributed by atoms with Crippen LogP contribution in [0.5, 0.6) is 0 Å². The Hall–Kier alpha value is -2.77. The van der Waals surface area contributed by atoms with Crippen LogP contribution < -0.4 is 5.32 Å². The summed E-state index contributed by atoms with van der Waals surface area (Å²) in [6, 6.07) is 10.3. The molecule has 1 saturated carbocycles. The van der Waals surface area contributed by atoms with Crippen LogP contribution in [0.25, 0.3) is 22.2 Å². The van der Waals surface area contributed by atoms with E-state index in [4.69, 9.17) is 21.3 Å². The van der Waals surface area contributed by atoms with E-state index in [9.17, 15) is 0 Å². The highest BCUT2D eigenvalue weighted by atomic mass is 35.5. The maximum absolute atomic E-state index is 6.11. The zero-order valence-corrected chi connectivity index (χ0v) is 17.8. The predicted molar refractivity (Wildman–Crippen MR) is 121 cm³/mol. The van der Waals surface area contributed by atoms with Gasteiger partial charge in [-0.25, -0.2) is 15.0 Å². The largest absolute Gasteiger partial charge is 0.381 e. The summed E-state index contributed by atoms with van der Waals surface area (Å²) < 4.78 is 7.96. The number of hydrogen-bond donors (Lipinski definition) is 1. The molecule has 0 bridgehead atoms. The quantitative estimate of drug-likeness (QED) is 0.500. The number of nitrogens with zero attached hydrogens (tertiary/aromatic N) is 5. The molecule has 0 atom stereocenters. The van der Waals surface area contributed by atoms with Crippen molar-refractivity contribution < 1.29 is 4.74 Å². The smallest absolute Gasteiger partial charge is 0.160 e. The average Bonchev–Trinajstić information content (AvgIpc) is 3.15. The normalized spacial score (nSPS) is 22.0. The first-order valence-corrected chi connectivity index (χ1v) is 11.2. The average molecular weight is 435 g/mol. The predicted octanol–water partition coefficient (Wildman–Crippen LogP) is 4.74. The molecule has 0 amide bonds. The zero-order chi connectivity index (χ0) is 20.8. The second-order valence-corrected chi connectivity index (χ2v) is 8.86. The van der Waals surface area contributed by atoms with Gasteiger partial charge in [0.15, 0.2) is 5.65 Å². The van der Waals surface area contributed by atoms with Crippen molar-refractivity contribution in [1.29, 1.82) is 0 Å². The van der Waals surface area contributed by atoms with Crippen molar-refractivity contribution >= 4 is 39.6 Å². The summed E-state index contributed by atoms with van der Waals surface area (Å²) in [7, 11) is 0. The van der Waals surface area contributed by atoms with E-state index in [1.807, 2.05) is 30.5 Å². The van der Waals surface area contributed by atoms with Gasteiger partial charge in [0.1, 0.15) is 17.2 Å². The van der Waals surface area contributed by atoms with Crippen LogP contribution in [0, 0.1) is 0 Å². The van der Waals surface area contributed by atoms with Gasteiger partial charge in [0.2, 0.25) is 0 Å². The van der Waals surface area contributed by atoms with Gasteiger partial charge in [0.25, 0.3) is 0 Å². The summed E-state index contributed by atoms with van der Waals surface area (Å²) >= 11 is 6.11. The van der Waals surface area contributed by atoms with Gasteiger partial charge in [0, 0.05) is 42.4 Å². The minimum absolute atomic E-state index is 0.347. The van der Waals surface area contributed by atoms with Gasteiger partial charge in [-0.2, -0.15) is 0 Å². The Balaban J connectivity index is 1.23. The molecule has 7 nitrogen and oxygen atoms in total. The van der Waals surface area contributed by atoms with Gasteiger partial charge in [-0.1, -0.05) is 11.6 Å². The number of anilines is 1. The molecule has 3 aromatic heterocycles. The van der Waals surface area contributed by atoms with Crippen molar-refractivity contribution in [3.63, 3.8) is 0 Å². The van der Waals surface area contributed by atoms with E-state index in [2.05, 4.69) is 30.9 Å². The maximum Gasteiger partial charge on any atom is 0.160 e. The fourth-order valence-corrected chi connectivity index (χ4v) is 4.90. The molecule has 4 heterocycles. The third kappa shape index (κ3) is 3.51. The molecule has 0 unspecified atom stereocenters. The molecule has 1 saturated heterocycles. The minimum Gasteiger partial charge on any atom is -0.381 e. The van der Waals surface area contributed by atoms with Gasteiger partial charge >= 0.3 is 0 Å². The number of benzene rings is 1. The molecule has 158 valence electrons. The van der Waals surface area contributed by atoms with Crippen molar-refractivity contribution in [1.82, 2.24) is 24.5 Å². The highest BCUT2D eigenvalue weighted by Gasteiger charge is 2.35. The fourth-order valence-electron chi connectivity index (χ4n) is 4.73. The number of nitrogens with one attached hydrogen (secondary N) is 1. The highest BCUT2D eigenvalue weighted by molar-refractivity contribution is 6.31. The van der Waals surface area contributed by atoms with Gasteiger partial charge in [-0.15, -0.1) is 0 Å². The lowest BCUT2D eigenvalue weighted by atomic mass is 9.85. The summed E-state index contributed by atoms with van der Waals surface area (Å²) in [5.41, 5.74) is 3.63. The van der Waals surface area contributed by atoms with Crippen LogP contribution >= 0.6 is 11.6 Å². The third-order valence-corrected chi connectivity index (χ3v) is 6.63. The van der Waals surface area contributed by atoms with Crippen LogP contribution in [-0.4, -0.2) is 43.8 Å². The Morgan fingerprint density at radius 3 is 2.74 bits per heavy atom. The van der Waals surface area contributed by atoms with Crippen LogP contribution in [0.15, 0.2) is 42.7 Å². The Labute approximate surface area is 184 Å². The Morgan fingerprint density at radius 1 is 1.00 bits per heavy atom. The van der Waals surface area contributed by atoms with Crippen molar-refractivity contribution in [2.24, 2.45) is 0 Å². The molecule has 1 aromatic carbocycles. The molecule has 8 heteroatoms. The topological polar surface area (TPSA) is 77.8 Å². The van der Waals surface area contributed by atoms with E-state index in [1.54, 1.807) is 6.20 Å². The molecule has 0 spiro atoms. The highest BCUT2D eigenvalue weighted by Crippen LogP contribution is 2.40. The standard InChI is InChI=1S/C23H23ClN6O/c24-15-3-4-18-20(10-15)28-21(13-26-18)27-16-11-17(12-16)30-22(14-5-8-31-9-6-14)29-19-2-1-7-25-23(19)30/h1-4,7,10,13-14,16-17H,5-6,8-9,11-12H2,(H,27,28). The second kappa shape index (κ2) is 7.73. The summed E-state index contributed by atoms with van der Waals surface area (Å²) in [4.78, 5) is 18.8. The van der Waals surface area contributed by atoms with Crippen LogP contribution in [0.3, 0.4) is 0 Å². The molecule has 4 aromatic rings.